The fourth-order valence-electron chi connectivity index (χ4n) is 1.12. The second-order valence-electron chi connectivity index (χ2n) is 3.70. The molecule has 0 aliphatic heterocycles. The SMILES string of the molecule is CCCCOCCNc1nnc(C)c(C)n1. The molecule has 1 aromatic heterocycles. The predicted octanol–water partition coefficient (Wildman–Crippen LogP) is 1.72. The molecule has 1 heterocycles. The molecule has 0 amide bonds. The summed E-state index contributed by atoms with van der Waals surface area (Å²) in [5.74, 6) is 0.571. The number of anilines is 1. The zero-order chi connectivity index (χ0) is 11.8. The van der Waals surface area contributed by atoms with Crippen molar-refractivity contribution in [3.05, 3.63) is 11.4 Å². The predicted molar refractivity (Wildman–Crippen MR) is 63.5 cm³/mol. The fourth-order valence-corrected chi connectivity index (χ4v) is 1.12. The van der Waals surface area contributed by atoms with Gasteiger partial charge in [-0.05, 0) is 20.3 Å². The number of hydrogen-bond acceptors (Lipinski definition) is 5. The first kappa shape index (κ1) is 12.8. The highest BCUT2D eigenvalue weighted by Gasteiger charge is 1.99. The summed E-state index contributed by atoms with van der Waals surface area (Å²) in [6.45, 7) is 8.19. The largest absolute Gasteiger partial charge is 0.380 e. The van der Waals surface area contributed by atoms with Gasteiger partial charge >= 0.3 is 0 Å². The van der Waals surface area contributed by atoms with Crippen molar-refractivity contribution >= 4 is 5.95 Å². The van der Waals surface area contributed by atoms with Crippen LogP contribution in [0.1, 0.15) is 31.2 Å². The first-order valence-corrected chi connectivity index (χ1v) is 5.73. The molecular formula is C11H20N4O. The summed E-state index contributed by atoms with van der Waals surface area (Å²) in [5, 5.41) is 11.0. The molecule has 5 nitrogen and oxygen atoms in total. The third kappa shape index (κ3) is 4.53. The summed E-state index contributed by atoms with van der Waals surface area (Å²) in [6, 6.07) is 0. The van der Waals surface area contributed by atoms with Crippen LogP contribution in [0.4, 0.5) is 5.95 Å². The minimum absolute atomic E-state index is 0.571. The zero-order valence-corrected chi connectivity index (χ0v) is 10.3. The van der Waals surface area contributed by atoms with Crippen molar-refractivity contribution in [3.63, 3.8) is 0 Å². The van der Waals surface area contributed by atoms with Crippen molar-refractivity contribution in [2.75, 3.05) is 25.1 Å². The van der Waals surface area contributed by atoms with E-state index in [1.165, 1.54) is 0 Å². The Hall–Kier alpha value is -1.23. The summed E-state index contributed by atoms with van der Waals surface area (Å²) >= 11 is 0. The van der Waals surface area contributed by atoms with Gasteiger partial charge in [-0.2, -0.15) is 5.10 Å². The molecule has 0 aromatic carbocycles. The molecule has 0 aliphatic rings. The van der Waals surface area contributed by atoms with Crippen molar-refractivity contribution in [2.24, 2.45) is 0 Å². The van der Waals surface area contributed by atoms with Gasteiger partial charge in [-0.3, -0.25) is 0 Å². The normalized spacial score (nSPS) is 10.4. The molecule has 0 saturated carbocycles. The highest BCUT2D eigenvalue weighted by Crippen LogP contribution is 2.01. The van der Waals surface area contributed by atoms with E-state index in [1.807, 2.05) is 13.8 Å². The Balaban J connectivity index is 2.19. The zero-order valence-electron chi connectivity index (χ0n) is 10.3. The topological polar surface area (TPSA) is 59.9 Å². The molecule has 1 aromatic rings. The second kappa shape index (κ2) is 7.11. The average Bonchev–Trinajstić information content (AvgIpc) is 2.28. The molecule has 0 spiro atoms. The first-order chi connectivity index (χ1) is 7.74. The lowest BCUT2D eigenvalue weighted by atomic mass is 10.4. The number of aromatic nitrogens is 3. The van der Waals surface area contributed by atoms with Crippen LogP contribution in [0.2, 0.25) is 0 Å². The van der Waals surface area contributed by atoms with Crippen molar-refractivity contribution in [1.29, 1.82) is 0 Å². The summed E-state index contributed by atoms with van der Waals surface area (Å²) in [5.41, 5.74) is 1.77. The molecule has 0 fully saturated rings. The quantitative estimate of drug-likeness (QED) is 0.714. The summed E-state index contributed by atoms with van der Waals surface area (Å²) in [6.07, 6.45) is 2.28. The van der Waals surface area contributed by atoms with E-state index in [0.29, 0.717) is 19.1 Å². The third-order valence-electron chi connectivity index (χ3n) is 2.26. The molecule has 0 radical (unpaired) electrons. The Morgan fingerprint density at radius 1 is 1.12 bits per heavy atom. The van der Waals surface area contributed by atoms with Gasteiger partial charge in [-0.15, -0.1) is 5.10 Å². The van der Waals surface area contributed by atoms with E-state index in [9.17, 15) is 0 Å². The number of unbranched alkanes of at least 4 members (excludes halogenated alkanes) is 1. The van der Waals surface area contributed by atoms with Gasteiger partial charge in [0, 0.05) is 13.2 Å². The number of aryl methyl sites for hydroxylation is 2. The van der Waals surface area contributed by atoms with Gasteiger partial charge in [0.25, 0.3) is 0 Å². The molecule has 1 rings (SSSR count). The molecule has 5 heteroatoms. The van der Waals surface area contributed by atoms with E-state index in [1.54, 1.807) is 0 Å². The van der Waals surface area contributed by atoms with E-state index in [-0.39, 0.29) is 0 Å². The van der Waals surface area contributed by atoms with Crippen LogP contribution in [0.25, 0.3) is 0 Å². The molecule has 90 valence electrons. The Kier molecular flexibility index (Phi) is 5.71. The third-order valence-corrected chi connectivity index (χ3v) is 2.26. The fraction of sp³-hybridized carbons (Fsp3) is 0.727. The smallest absolute Gasteiger partial charge is 0.243 e. The van der Waals surface area contributed by atoms with Crippen molar-refractivity contribution in [1.82, 2.24) is 15.2 Å². The van der Waals surface area contributed by atoms with Crippen LogP contribution < -0.4 is 5.32 Å². The second-order valence-corrected chi connectivity index (χ2v) is 3.70. The number of nitrogens with zero attached hydrogens (tertiary/aromatic N) is 3. The van der Waals surface area contributed by atoms with Gasteiger partial charge in [-0.1, -0.05) is 13.3 Å². The number of nitrogens with one attached hydrogen (secondary N) is 1. The summed E-state index contributed by atoms with van der Waals surface area (Å²) in [7, 11) is 0. The van der Waals surface area contributed by atoms with Gasteiger partial charge < -0.3 is 10.1 Å². The number of rotatable bonds is 7. The molecule has 0 aliphatic carbocycles. The Morgan fingerprint density at radius 3 is 2.62 bits per heavy atom. The van der Waals surface area contributed by atoms with Gasteiger partial charge in [0.15, 0.2) is 0 Å². The summed E-state index contributed by atoms with van der Waals surface area (Å²) < 4.78 is 5.41. The van der Waals surface area contributed by atoms with E-state index >= 15 is 0 Å². The van der Waals surface area contributed by atoms with E-state index < -0.39 is 0 Å². The molecule has 1 N–H and O–H groups in total. The Labute approximate surface area is 96.6 Å². The molecule has 0 unspecified atom stereocenters. The maximum Gasteiger partial charge on any atom is 0.243 e. The summed E-state index contributed by atoms with van der Waals surface area (Å²) in [4.78, 5) is 4.27. The van der Waals surface area contributed by atoms with Crippen molar-refractivity contribution in [2.45, 2.75) is 33.6 Å². The lowest BCUT2D eigenvalue weighted by molar-refractivity contribution is 0.141. The monoisotopic (exact) mass is 224 g/mol. The molecule has 0 saturated heterocycles. The van der Waals surface area contributed by atoms with Crippen molar-refractivity contribution in [3.8, 4) is 0 Å². The van der Waals surface area contributed by atoms with Gasteiger partial charge in [0.1, 0.15) is 0 Å². The number of ether oxygens (including phenoxy) is 1. The van der Waals surface area contributed by atoms with E-state index in [0.717, 1.165) is 30.8 Å². The first-order valence-electron chi connectivity index (χ1n) is 5.73. The van der Waals surface area contributed by atoms with Crippen LogP contribution in [0.5, 0.6) is 0 Å². The van der Waals surface area contributed by atoms with E-state index in [2.05, 4.69) is 27.4 Å². The van der Waals surface area contributed by atoms with E-state index in [4.69, 9.17) is 4.74 Å². The van der Waals surface area contributed by atoms with Gasteiger partial charge in [0.05, 0.1) is 18.0 Å². The van der Waals surface area contributed by atoms with Gasteiger partial charge in [0.2, 0.25) is 5.95 Å². The van der Waals surface area contributed by atoms with Crippen LogP contribution in [0.3, 0.4) is 0 Å². The van der Waals surface area contributed by atoms with Crippen LogP contribution in [-0.4, -0.2) is 34.9 Å². The molecule has 0 bridgehead atoms. The van der Waals surface area contributed by atoms with Crippen molar-refractivity contribution < 1.29 is 4.74 Å². The maximum absolute atomic E-state index is 5.41. The lowest BCUT2D eigenvalue weighted by Crippen LogP contribution is -2.13. The van der Waals surface area contributed by atoms with Crippen LogP contribution in [0.15, 0.2) is 0 Å². The minimum atomic E-state index is 0.571. The average molecular weight is 224 g/mol. The Bertz CT molecular complexity index is 317. The van der Waals surface area contributed by atoms with Gasteiger partial charge in [-0.25, -0.2) is 4.98 Å². The molecular weight excluding hydrogens is 204 g/mol. The van der Waals surface area contributed by atoms with Crippen LogP contribution >= 0.6 is 0 Å². The van der Waals surface area contributed by atoms with Crippen LogP contribution in [0, 0.1) is 13.8 Å². The lowest BCUT2D eigenvalue weighted by Gasteiger charge is -2.06. The molecule has 0 atom stereocenters. The maximum atomic E-state index is 5.41. The number of hydrogen-bond donors (Lipinski definition) is 1. The standard InChI is InChI=1S/C11H20N4O/c1-4-5-7-16-8-6-12-11-13-9(2)10(3)14-15-11/h4-8H2,1-3H3,(H,12,13,15). The Morgan fingerprint density at radius 2 is 1.94 bits per heavy atom. The highest BCUT2D eigenvalue weighted by atomic mass is 16.5. The highest BCUT2D eigenvalue weighted by molar-refractivity contribution is 5.24. The van der Waals surface area contributed by atoms with Crippen LogP contribution in [-0.2, 0) is 4.74 Å². The molecule has 16 heavy (non-hydrogen) atoms. The minimum Gasteiger partial charge on any atom is -0.380 e.